The van der Waals surface area contributed by atoms with Crippen molar-refractivity contribution in [1.29, 1.82) is 0 Å². The molecular weight excluding hydrogens is 202 g/mol. The van der Waals surface area contributed by atoms with Crippen molar-refractivity contribution in [2.75, 3.05) is 17.8 Å². The van der Waals surface area contributed by atoms with Crippen molar-refractivity contribution < 1.29 is 0 Å². The van der Waals surface area contributed by atoms with Crippen LogP contribution in [0, 0.1) is 5.92 Å². The zero-order valence-electron chi connectivity index (χ0n) is 11.8. The number of hydrogen-bond acceptors (Lipinski definition) is 1. The van der Waals surface area contributed by atoms with Gasteiger partial charge in [-0.15, -0.1) is 0 Å². The summed E-state index contributed by atoms with van der Waals surface area (Å²) in [5.74, 6) is 3.45. The van der Waals surface area contributed by atoms with E-state index in [1.807, 2.05) is 0 Å². The van der Waals surface area contributed by atoms with Gasteiger partial charge in [0.1, 0.15) is 0 Å². The Labute approximate surface area is 98.5 Å². The normalized spacial score (nSPS) is 24.3. The minimum absolute atomic E-state index is 0.307. The van der Waals surface area contributed by atoms with E-state index in [2.05, 4.69) is 47.8 Å². The third kappa shape index (κ3) is 3.13. The first-order chi connectivity index (χ1) is 6.73. The molecule has 0 saturated heterocycles. The van der Waals surface area contributed by atoms with Gasteiger partial charge in [-0.2, -0.15) is 0 Å². The van der Waals surface area contributed by atoms with Gasteiger partial charge in [0.15, 0.2) is 0 Å². The summed E-state index contributed by atoms with van der Waals surface area (Å²) >= 11 is 0. The Hall–Kier alpha value is 0.310. The van der Waals surface area contributed by atoms with Crippen molar-refractivity contribution in [1.82, 2.24) is 0 Å². The molecule has 0 heterocycles. The lowest BCUT2D eigenvalue weighted by atomic mass is 10.0. The molecular formula is C13H31NS. The summed E-state index contributed by atoms with van der Waals surface area (Å²) in [4.78, 5) is 0. The molecule has 0 aromatic rings. The van der Waals surface area contributed by atoms with Gasteiger partial charge in [0.2, 0.25) is 0 Å². The zero-order valence-corrected chi connectivity index (χ0v) is 12.6. The highest BCUT2D eigenvalue weighted by molar-refractivity contribution is 8.34. The molecule has 0 bridgehead atoms. The molecule has 0 saturated carbocycles. The second kappa shape index (κ2) is 5.58. The molecule has 0 radical (unpaired) electrons. The third-order valence-corrected chi connectivity index (χ3v) is 9.72. The van der Waals surface area contributed by atoms with Gasteiger partial charge in [0.25, 0.3) is 0 Å². The van der Waals surface area contributed by atoms with Gasteiger partial charge in [0, 0.05) is 10.8 Å². The van der Waals surface area contributed by atoms with E-state index in [9.17, 15) is 0 Å². The van der Waals surface area contributed by atoms with E-state index in [0.717, 1.165) is 5.92 Å². The molecule has 15 heavy (non-hydrogen) atoms. The first kappa shape index (κ1) is 15.3. The molecule has 0 fully saturated rings. The Morgan fingerprint density at radius 3 is 1.87 bits per heavy atom. The zero-order chi connectivity index (χ0) is 12.3. The molecule has 0 aliphatic heterocycles. The average molecular weight is 233 g/mol. The lowest BCUT2D eigenvalue weighted by Crippen LogP contribution is -2.48. The Morgan fingerprint density at radius 2 is 1.67 bits per heavy atom. The summed E-state index contributed by atoms with van der Waals surface area (Å²) in [6, 6.07) is 0.307. The Kier molecular flexibility index (Phi) is 5.70. The molecule has 2 N–H and O–H groups in total. The first-order valence-electron chi connectivity index (χ1n) is 6.22. The van der Waals surface area contributed by atoms with Crippen molar-refractivity contribution >= 4 is 10.0 Å². The van der Waals surface area contributed by atoms with Crippen LogP contribution in [0.15, 0.2) is 0 Å². The highest BCUT2D eigenvalue weighted by atomic mass is 32.3. The van der Waals surface area contributed by atoms with E-state index < -0.39 is 10.0 Å². The van der Waals surface area contributed by atoms with E-state index in [-0.39, 0.29) is 0 Å². The molecule has 0 amide bonds. The summed E-state index contributed by atoms with van der Waals surface area (Å²) in [6.45, 7) is 13.9. The van der Waals surface area contributed by atoms with Gasteiger partial charge in [-0.25, -0.2) is 10.0 Å². The fourth-order valence-corrected chi connectivity index (χ4v) is 6.83. The molecule has 1 nitrogen and oxygen atoms in total. The second-order valence-corrected chi connectivity index (χ2v) is 9.97. The summed E-state index contributed by atoms with van der Waals surface area (Å²) in [6.07, 6.45) is 3.71. The van der Waals surface area contributed by atoms with Gasteiger partial charge >= 0.3 is 0 Å². The Bertz CT molecular complexity index is 191. The topological polar surface area (TPSA) is 26.0 Å². The standard InChI is InChI=1S/C13H31NS/c1-8-13(6,12(5)14)15(7,9-2)10-11(3)4/h11-12H,8-10,14H2,1-7H3. The van der Waals surface area contributed by atoms with Crippen LogP contribution in [-0.2, 0) is 0 Å². The lowest BCUT2D eigenvalue weighted by molar-refractivity contribution is 0.507. The van der Waals surface area contributed by atoms with E-state index >= 15 is 0 Å². The van der Waals surface area contributed by atoms with E-state index in [1.165, 1.54) is 17.9 Å². The molecule has 2 heteroatoms. The quantitative estimate of drug-likeness (QED) is 0.745. The van der Waals surface area contributed by atoms with Crippen molar-refractivity contribution in [3.05, 3.63) is 0 Å². The van der Waals surface area contributed by atoms with Crippen LogP contribution >= 0.6 is 10.0 Å². The van der Waals surface area contributed by atoms with Crippen molar-refractivity contribution in [3.63, 3.8) is 0 Å². The van der Waals surface area contributed by atoms with Crippen molar-refractivity contribution in [3.8, 4) is 0 Å². The van der Waals surface area contributed by atoms with Gasteiger partial charge in [-0.1, -0.05) is 34.6 Å². The smallest absolute Gasteiger partial charge is 0.0141 e. The number of nitrogens with two attached hydrogens (primary N) is 1. The highest BCUT2D eigenvalue weighted by Crippen LogP contribution is 2.59. The van der Waals surface area contributed by atoms with Crippen LogP contribution in [0.2, 0.25) is 0 Å². The third-order valence-electron chi connectivity index (χ3n) is 4.13. The van der Waals surface area contributed by atoms with E-state index in [0.29, 0.717) is 10.8 Å². The summed E-state index contributed by atoms with van der Waals surface area (Å²) in [5, 5.41) is 0. The largest absolute Gasteiger partial charge is 0.327 e. The highest BCUT2D eigenvalue weighted by Gasteiger charge is 2.40. The molecule has 0 aliphatic rings. The minimum atomic E-state index is -0.591. The fraction of sp³-hybridized carbons (Fsp3) is 1.00. The molecule has 0 aromatic carbocycles. The SMILES string of the molecule is CCC(C)(C(C)N)S(C)(CC)CC(C)C. The summed E-state index contributed by atoms with van der Waals surface area (Å²) < 4.78 is 0.339. The molecule has 0 rings (SSSR count). The van der Waals surface area contributed by atoms with Crippen molar-refractivity contribution in [2.45, 2.75) is 58.8 Å². The molecule has 0 spiro atoms. The van der Waals surface area contributed by atoms with Crippen LogP contribution in [0.1, 0.15) is 48.0 Å². The number of hydrogen-bond donors (Lipinski definition) is 1. The second-order valence-electron chi connectivity index (χ2n) is 5.58. The van der Waals surface area contributed by atoms with Crippen LogP contribution in [-0.4, -0.2) is 28.6 Å². The Balaban J connectivity index is 5.04. The first-order valence-corrected chi connectivity index (χ1v) is 8.60. The molecule has 3 unspecified atom stereocenters. The predicted octanol–water partition coefficient (Wildman–Crippen LogP) is 3.61. The molecule has 0 aromatic heterocycles. The predicted molar refractivity (Wildman–Crippen MR) is 76.1 cm³/mol. The summed E-state index contributed by atoms with van der Waals surface area (Å²) in [5.41, 5.74) is 6.24. The average Bonchev–Trinajstić information content (AvgIpc) is 2.14. The van der Waals surface area contributed by atoms with Crippen LogP contribution in [0.3, 0.4) is 0 Å². The van der Waals surface area contributed by atoms with Crippen LogP contribution in [0.25, 0.3) is 0 Å². The Morgan fingerprint density at radius 1 is 1.20 bits per heavy atom. The van der Waals surface area contributed by atoms with Gasteiger partial charge in [0.05, 0.1) is 0 Å². The van der Waals surface area contributed by atoms with Crippen LogP contribution in [0.4, 0.5) is 0 Å². The molecule has 3 atom stereocenters. The maximum Gasteiger partial charge on any atom is 0.0141 e. The van der Waals surface area contributed by atoms with Crippen molar-refractivity contribution in [2.24, 2.45) is 11.7 Å². The van der Waals surface area contributed by atoms with E-state index in [4.69, 9.17) is 5.73 Å². The number of rotatable bonds is 6. The van der Waals surface area contributed by atoms with Crippen LogP contribution < -0.4 is 5.73 Å². The monoisotopic (exact) mass is 233 g/mol. The fourth-order valence-electron chi connectivity index (χ4n) is 2.49. The molecule has 0 aliphatic carbocycles. The summed E-state index contributed by atoms with van der Waals surface area (Å²) in [7, 11) is -0.591. The van der Waals surface area contributed by atoms with Gasteiger partial charge in [-0.05, 0) is 37.0 Å². The maximum absolute atomic E-state index is 6.24. The lowest BCUT2D eigenvalue weighted by Gasteiger charge is -2.54. The minimum Gasteiger partial charge on any atom is -0.327 e. The van der Waals surface area contributed by atoms with Gasteiger partial charge < -0.3 is 5.73 Å². The maximum atomic E-state index is 6.24. The molecule has 94 valence electrons. The van der Waals surface area contributed by atoms with Gasteiger partial charge in [-0.3, -0.25) is 0 Å². The van der Waals surface area contributed by atoms with Crippen LogP contribution in [0.5, 0.6) is 0 Å². The van der Waals surface area contributed by atoms with E-state index in [1.54, 1.807) is 0 Å².